The van der Waals surface area contributed by atoms with Crippen molar-refractivity contribution in [1.82, 2.24) is 10.6 Å². The average Bonchev–Trinajstić information content (AvgIpc) is 2.86. The SMILES string of the molecule is CN=C1NC(=O)C(c2cc(OC)c(OC)cc2OC)N1. The van der Waals surface area contributed by atoms with Gasteiger partial charge in [-0.15, -0.1) is 0 Å². The number of hydrogen-bond donors (Lipinski definition) is 2. The molecule has 1 aliphatic rings. The molecule has 0 spiro atoms. The maximum Gasteiger partial charge on any atom is 0.254 e. The Kier molecular flexibility index (Phi) is 3.97. The van der Waals surface area contributed by atoms with Gasteiger partial charge in [-0.1, -0.05) is 0 Å². The van der Waals surface area contributed by atoms with E-state index in [1.807, 2.05) is 0 Å². The van der Waals surface area contributed by atoms with Crippen LogP contribution in [0.2, 0.25) is 0 Å². The maximum absolute atomic E-state index is 12.0. The van der Waals surface area contributed by atoms with Gasteiger partial charge in [0, 0.05) is 18.7 Å². The molecular weight excluding hydrogens is 262 g/mol. The van der Waals surface area contributed by atoms with Crippen LogP contribution in [0.15, 0.2) is 17.1 Å². The van der Waals surface area contributed by atoms with Gasteiger partial charge in [-0.25, -0.2) is 0 Å². The zero-order valence-electron chi connectivity index (χ0n) is 11.8. The van der Waals surface area contributed by atoms with Crippen LogP contribution in [0.3, 0.4) is 0 Å². The van der Waals surface area contributed by atoms with Crippen molar-refractivity contribution in [2.24, 2.45) is 4.99 Å². The van der Waals surface area contributed by atoms with Crippen molar-refractivity contribution in [3.63, 3.8) is 0 Å². The summed E-state index contributed by atoms with van der Waals surface area (Å²) in [6.45, 7) is 0. The quantitative estimate of drug-likeness (QED) is 0.837. The second kappa shape index (κ2) is 5.68. The molecule has 2 rings (SSSR count). The Balaban J connectivity index is 2.48. The molecule has 1 heterocycles. The highest BCUT2D eigenvalue weighted by atomic mass is 16.5. The number of carbonyl (C=O) groups excluding carboxylic acids is 1. The summed E-state index contributed by atoms with van der Waals surface area (Å²) in [4.78, 5) is 15.9. The summed E-state index contributed by atoms with van der Waals surface area (Å²) >= 11 is 0. The summed E-state index contributed by atoms with van der Waals surface area (Å²) in [5.74, 6) is 1.83. The Morgan fingerprint density at radius 2 is 1.65 bits per heavy atom. The Morgan fingerprint density at radius 3 is 2.15 bits per heavy atom. The number of benzene rings is 1. The minimum absolute atomic E-state index is 0.198. The van der Waals surface area contributed by atoms with Crippen LogP contribution in [0.4, 0.5) is 0 Å². The predicted molar refractivity (Wildman–Crippen MR) is 73.5 cm³/mol. The van der Waals surface area contributed by atoms with E-state index < -0.39 is 6.04 Å². The number of methoxy groups -OCH3 is 3. The molecule has 7 nitrogen and oxygen atoms in total. The monoisotopic (exact) mass is 279 g/mol. The lowest BCUT2D eigenvalue weighted by molar-refractivity contribution is -0.120. The molecule has 1 aromatic rings. The zero-order chi connectivity index (χ0) is 14.7. The molecule has 1 atom stereocenters. The van der Waals surface area contributed by atoms with Crippen LogP contribution in [-0.2, 0) is 4.79 Å². The fourth-order valence-corrected chi connectivity index (χ4v) is 2.05. The van der Waals surface area contributed by atoms with Gasteiger partial charge in [0.1, 0.15) is 11.8 Å². The second-order valence-corrected chi connectivity index (χ2v) is 4.09. The highest BCUT2D eigenvalue weighted by molar-refractivity contribution is 6.07. The lowest BCUT2D eigenvalue weighted by atomic mass is 10.0. The van der Waals surface area contributed by atoms with Crippen LogP contribution >= 0.6 is 0 Å². The molecule has 2 N–H and O–H groups in total. The number of guanidine groups is 1. The Labute approximate surface area is 116 Å². The number of hydrogen-bond acceptors (Lipinski definition) is 5. The second-order valence-electron chi connectivity index (χ2n) is 4.09. The normalized spacial score (nSPS) is 19.5. The number of nitrogens with zero attached hydrogens (tertiary/aromatic N) is 1. The van der Waals surface area contributed by atoms with E-state index in [0.29, 0.717) is 28.8 Å². The van der Waals surface area contributed by atoms with E-state index in [9.17, 15) is 4.79 Å². The number of aliphatic imine (C=N–C) groups is 1. The van der Waals surface area contributed by atoms with Gasteiger partial charge in [-0.2, -0.15) is 0 Å². The Hall–Kier alpha value is -2.44. The molecule has 1 aromatic carbocycles. The summed E-state index contributed by atoms with van der Waals surface area (Å²) in [6.07, 6.45) is 0. The molecule has 7 heteroatoms. The number of carbonyl (C=O) groups is 1. The van der Waals surface area contributed by atoms with Crippen molar-refractivity contribution in [1.29, 1.82) is 0 Å². The molecule has 1 unspecified atom stereocenters. The molecule has 0 saturated carbocycles. The molecular formula is C13H17N3O4. The highest BCUT2D eigenvalue weighted by Gasteiger charge is 2.32. The van der Waals surface area contributed by atoms with E-state index in [4.69, 9.17) is 14.2 Å². The summed E-state index contributed by atoms with van der Waals surface area (Å²) in [6, 6.07) is 2.82. The van der Waals surface area contributed by atoms with Gasteiger partial charge >= 0.3 is 0 Å². The predicted octanol–water partition coefficient (Wildman–Crippen LogP) is 0.459. The Bertz CT molecular complexity index is 557. The number of rotatable bonds is 4. The smallest absolute Gasteiger partial charge is 0.254 e. The van der Waals surface area contributed by atoms with E-state index in [-0.39, 0.29) is 5.91 Å². The van der Waals surface area contributed by atoms with Crippen LogP contribution in [-0.4, -0.2) is 40.2 Å². The minimum Gasteiger partial charge on any atom is -0.496 e. The van der Waals surface area contributed by atoms with Crippen LogP contribution in [0.25, 0.3) is 0 Å². The zero-order valence-corrected chi connectivity index (χ0v) is 11.8. The molecule has 1 fully saturated rings. The molecule has 0 aliphatic carbocycles. The summed E-state index contributed by atoms with van der Waals surface area (Å²) in [7, 11) is 6.21. The van der Waals surface area contributed by atoms with Crippen molar-refractivity contribution in [3.8, 4) is 17.2 Å². The van der Waals surface area contributed by atoms with E-state index >= 15 is 0 Å². The Morgan fingerprint density at radius 1 is 1.05 bits per heavy atom. The molecule has 0 bridgehead atoms. The molecule has 1 saturated heterocycles. The summed E-state index contributed by atoms with van der Waals surface area (Å²) in [5.41, 5.74) is 0.654. The first kappa shape index (κ1) is 14.0. The number of ether oxygens (including phenoxy) is 3. The van der Waals surface area contributed by atoms with Crippen LogP contribution in [0.1, 0.15) is 11.6 Å². The molecule has 20 heavy (non-hydrogen) atoms. The molecule has 1 amide bonds. The van der Waals surface area contributed by atoms with Gasteiger partial charge in [0.2, 0.25) is 0 Å². The van der Waals surface area contributed by atoms with Gasteiger partial charge in [-0.05, 0) is 6.07 Å². The first-order chi connectivity index (χ1) is 9.64. The largest absolute Gasteiger partial charge is 0.496 e. The van der Waals surface area contributed by atoms with Crippen molar-refractivity contribution >= 4 is 11.9 Å². The molecule has 0 aromatic heterocycles. The third-order valence-corrected chi connectivity index (χ3v) is 3.06. The standard InChI is InChI=1S/C13H17N3O4/c1-14-13-15-11(12(17)16-13)7-5-9(19-3)10(20-4)6-8(7)18-2/h5-6,11H,1-4H3,(H2,14,15,16,17). The highest BCUT2D eigenvalue weighted by Crippen LogP contribution is 2.38. The van der Waals surface area contributed by atoms with Gasteiger partial charge < -0.3 is 19.5 Å². The topological polar surface area (TPSA) is 81.2 Å². The lowest BCUT2D eigenvalue weighted by Gasteiger charge is -2.16. The minimum atomic E-state index is -0.580. The van der Waals surface area contributed by atoms with Crippen molar-refractivity contribution in [2.75, 3.05) is 28.4 Å². The maximum atomic E-state index is 12.0. The van der Waals surface area contributed by atoms with Crippen LogP contribution in [0.5, 0.6) is 17.2 Å². The molecule has 1 aliphatic heterocycles. The molecule has 108 valence electrons. The van der Waals surface area contributed by atoms with Crippen molar-refractivity contribution in [3.05, 3.63) is 17.7 Å². The van der Waals surface area contributed by atoms with Gasteiger partial charge in [-0.3, -0.25) is 15.1 Å². The van der Waals surface area contributed by atoms with Gasteiger partial charge in [0.05, 0.1) is 21.3 Å². The van der Waals surface area contributed by atoms with E-state index in [2.05, 4.69) is 15.6 Å². The van der Waals surface area contributed by atoms with Crippen molar-refractivity contribution < 1.29 is 19.0 Å². The van der Waals surface area contributed by atoms with E-state index in [0.717, 1.165) is 0 Å². The van der Waals surface area contributed by atoms with Gasteiger partial charge in [0.15, 0.2) is 17.5 Å². The van der Waals surface area contributed by atoms with E-state index in [1.54, 1.807) is 26.3 Å². The number of amides is 1. The molecule has 0 radical (unpaired) electrons. The van der Waals surface area contributed by atoms with Gasteiger partial charge in [0.25, 0.3) is 5.91 Å². The first-order valence-corrected chi connectivity index (χ1v) is 5.98. The third-order valence-electron chi connectivity index (χ3n) is 3.06. The van der Waals surface area contributed by atoms with Crippen LogP contribution < -0.4 is 24.8 Å². The summed E-state index contributed by atoms with van der Waals surface area (Å²) in [5, 5.41) is 5.62. The first-order valence-electron chi connectivity index (χ1n) is 5.98. The third kappa shape index (κ3) is 2.34. The fraction of sp³-hybridized carbons (Fsp3) is 0.385. The number of nitrogens with one attached hydrogen (secondary N) is 2. The van der Waals surface area contributed by atoms with Crippen molar-refractivity contribution in [2.45, 2.75) is 6.04 Å². The van der Waals surface area contributed by atoms with Crippen LogP contribution in [0, 0.1) is 0 Å². The fourth-order valence-electron chi connectivity index (χ4n) is 2.05. The van der Waals surface area contributed by atoms with E-state index in [1.165, 1.54) is 14.2 Å². The lowest BCUT2D eigenvalue weighted by Crippen LogP contribution is -2.24. The summed E-state index contributed by atoms with van der Waals surface area (Å²) < 4.78 is 15.8. The average molecular weight is 279 g/mol.